The molecule has 2 unspecified atom stereocenters. The van der Waals surface area contributed by atoms with Crippen molar-refractivity contribution in [3.63, 3.8) is 0 Å². The zero-order valence-corrected chi connectivity index (χ0v) is 44.5. The first-order valence-corrected chi connectivity index (χ1v) is 23.7. The molecule has 18 nitrogen and oxygen atoms in total. The van der Waals surface area contributed by atoms with E-state index in [4.69, 9.17) is 28.1 Å². The Labute approximate surface area is 415 Å². The normalized spacial score (nSPS) is 12.5. The van der Waals surface area contributed by atoms with Crippen molar-refractivity contribution in [2.75, 3.05) is 26.4 Å². The maximum Gasteiger partial charge on any atom is 1.00 e. The number of unbranched alkanes of at least 4 members (excludes halogenated alkanes) is 14. The Bertz CT molecular complexity index is 1370. The van der Waals surface area contributed by atoms with Gasteiger partial charge in [0, 0.05) is 0 Å². The first-order chi connectivity index (χ1) is 26.7. The van der Waals surface area contributed by atoms with E-state index < -0.39 is 76.1 Å². The van der Waals surface area contributed by atoms with Gasteiger partial charge in [-0.25, -0.2) is 0 Å². The van der Waals surface area contributed by atoms with Crippen LogP contribution in [-0.4, -0.2) is 107 Å². The van der Waals surface area contributed by atoms with E-state index in [1.807, 2.05) is 0 Å². The zero-order valence-electron chi connectivity index (χ0n) is 35.7. The van der Waals surface area contributed by atoms with Crippen LogP contribution in [0, 0.1) is 0 Å². The summed E-state index contributed by atoms with van der Waals surface area (Å²) in [5, 5.41) is 16.6. The van der Waals surface area contributed by atoms with Gasteiger partial charge in [0.1, 0.15) is 19.1 Å². The third kappa shape index (κ3) is 38.1. The molecule has 340 valence electrons. The van der Waals surface area contributed by atoms with E-state index in [2.05, 4.69) is 31.9 Å². The summed E-state index contributed by atoms with van der Waals surface area (Å²) in [6.45, 7) is 7.88. The Hall–Kier alpha value is -0.400. The van der Waals surface area contributed by atoms with Crippen LogP contribution in [0.15, 0.2) is 0 Å². The molecule has 0 aromatic heterocycles. The molecule has 0 radical (unpaired) electrons. The molecule has 0 aliphatic rings. The van der Waals surface area contributed by atoms with Gasteiger partial charge in [0.25, 0.3) is 20.2 Å². The SMILES string of the molecule is CC(C)(Br)C(=O)OCCCCCCCCCCOC(=O)CC(C(=O)[O-])S(=O)(=O)O.CC(C)(Br)C(=O)OCCCCCCCCCCOC(=O)CC(C(=O)[O-])S(=O)(=O)O.[Na+].[Na+]. The van der Waals surface area contributed by atoms with Gasteiger partial charge in [0.15, 0.2) is 0 Å². The number of carbonyl (C=O) groups is 6. The van der Waals surface area contributed by atoms with Gasteiger partial charge >= 0.3 is 83.0 Å². The van der Waals surface area contributed by atoms with E-state index in [9.17, 15) is 55.8 Å². The Balaban J connectivity index is -0.000000506. The number of hydrogen-bond donors (Lipinski definition) is 2. The number of halogens is 2. The molecule has 0 aliphatic carbocycles. The number of carboxylic acid groups (broad SMARTS) is 2. The minimum Gasteiger partial charge on any atom is -0.549 e. The number of rotatable bonds is 32. The zero-order chi connectivity index (χ0) is 45.0. The molecule has 0 bridgehead atoms. The summed E-state index contributed by atoms with van der Waals surface area (Å²) in [5.74, 6) is -6.66. The molecule has 2 N–H and O–H groups in total. The molecule has 0 heterocycles. The van der Waals surface area contributed by atoms with Crippen molar-refractivity contribution in [2.24, 2.45) is 0 Å². The van der Waals surface area contributed by atoms with Crippen LogP contribution >= 0.6 is 31.9 Å². The van der Waals surface area contributed by atoms with Crippen molar-refractivity contribution in [1.29, 1.82) is 0 Å². The molecule has 0 aliphatic heterocycles. The number of aliphatic carboxylic acids is 2. The number of alkyl halides is 2. The fraction of sp³-hybridized carbons (Fsp3) is 0.833. The van der Waals surface area contributed by atoms with Crippen LogP contribution in [0.3, 0.4) is 0 Å². The second kappa shape index (κ2) is 35.9. The van der Waals surface area contributed by atoms with Gasteiger partial charge in [-0.3, -0.25) is 28.3 Å². The predicted octanol–water partition coefficient (Wildman–Crippen LogP) is -2.47. The van der Waals surface area contributed by atoms with Crippen LogP contribution in [0.5, 0.6) is 0 Å². The summed E-state index contributed by atoms with van der Waals surface area (Å²) < 4.78 is 79.4. The van der Waals surface area contributed by atoms with E-state index in [1.165, 1.54) is 0 Å². The second-order valence-electron chi connectivity index (χ2n) is 14.4. The average molecular weight is 1050 g/mol. The van der Waals surface area contributed by atoms with Crippen LogP contribution in [0.2, 0.25) is 0 Å². The summed E-state index contributed by atoms with van der Waals surface area (Å²) in [5.41, 5.74) is 0. The number of hydrogen-bond acceptors (Lipinski definition) is 16. The summed E-state index contributed by atoms with van der Waals surface area (Å²) >= 11 is 6.48. The summed E-state index contributed by atoms with van der Waals surface area (Å²) in [4.78, 5) is 67.2. The first kappa shape index (κ1) is 66.2. The predicted molar refractivity (Wildman–Crippen MR) is 214 cm³/mol. The molecule has 0 amide bonds. The topological polar surface area (TPSA) is 294 Å². The standard InChI is InChI=1S/2C18H31BrO9S.2Na/c2*1-18(2,19)17(23)28-12-10-8-6-4-3-5-7-9-11-27-15(20)13-14(16(21)22)29(24,25)26;;/h2*14H,3-13H2,1-2H3,(H,21,22)(H,24,25,26);;/q;;2*+1/p-2. The molecule has 0 aromatic carbocycles. The van der Waals surface area contributed by atoms with Gasteiger partial charge in [-0.2, -0.15) is 16.8 Å². The van der Waals surface area contributed by atoms with E-state index in [0.717, 1.165) is 89.9 Å². The molecule has 24 heteroatoms. The van der Waals surface area contributed by atoms with E-state index in [0.29, 0.717) is 26.1 Å². The molecule has 0 saturated carbocycles. The average Bonchev–Trinajstić information content (AvgIpc) is 3.08. The third-order valence-electron chi connectivity index (χ3n) is 7.99. The van der Waals surface area contributed by atoms with Gasteiger partial charge in [0.05, 0.1) is 51.2 Å². The molecule has 0 rings (SSSR count). The molecular formula is C36H60Br2Na2O18S2. The Kier molecular flexibility index (Phi) is 39.6. The molecule has 0 saturated heterocycles. The molecule has 2 atom stereocenters. The molecule has 0 aromatic rings. The maximum atomic E-state index is 11.5. The van der Waals surface area contributed by atoms with Crippen LogP contribution in [0.1, 0.15) is 143 Å². The van der Waals surface area contributed by atoms with Crippen LogP contribution in [0.4, 0.5) is 0 Å². The fourth-order valence-corrected chi connectivity index (χ4v) is 6.02. The van der Waals surface area contributed by atoms with E-state index in [-0.39, 0.29) is 84.3 Å². The van der Waals surface area contributed by atoms with Gasteiger partial charge in [-0.1, -0.05) is 109 Å². The Morgan fingerprint density at radius 3 is 0.850 bits per heavy atom. The molecule has 0 spiro atoms. The molecular weight excluding hydrogens is 990 g/mol. The van der Waals surface area contributed by atoms with Crippen molar-refractivity contribution in [1.82, 2.24) is 0 Å². The van der Waals surface area contributed by atoms with Gasteiger partial charge < -0.3 is 38.7 Å². The number of carboxylic acids is 2. The summed E-state index contributed by atoms with van der Waals surface area (Å²) in [6.07, 6.45) is 12.5. The number of ether oxygens (including phenoxy) is 4. The second-order valence-corrected chi connectivity index (χ2v) is 21.5. The minimum absolute atomic E-state index is 0. The number of carbonyl (C=O) groups excluding carboxylic acids is 6. The molecule has 0 fully saturated rings. The van der Waals surface area contributed by atoms with Gasteiger partial charge in [-0.15, -0.1) is 0 Å². The number of esters is 4. The monoisotopic (exact) mass is 1050 g/mol. The fourth-order valence-electron chi connectivity index (χ4n) is 4.62. The van der Waals surface area contributed by atoms with E-state index >= 15 is 0 Å². The smallest absolute Gasteiger partial charge is 0.549 e. The van der Waals surface area contributed by atoms with Crippen LogP contribution in [-0.2, 0) is 68.0 Å². The quantitative estimate of drug-likeness (QED) is 0.0176. The van der Waals surface area contributed by atoms with Crippen molar-refractivity contribution >= 4 is 87.9 Å². The molecule has 60 heavy (non-hydrogen) atoms. The largest absolute Gasteiger partial charge is 1.00 e. The minimum atomic E-state index is -4.91. The summed E-state index contributed by atoms with van der Waals surface area (Å²) in [7, 11) is -9.83. The summed E-state index contributed by atoms with van der Waals surface area (Å²) in [6, 6.07) is 0. The van der Waals surface area contributed by atoms with E-state index in [1.54, 1.807) is 27.7 Å². The van der Waals surface area contributed by atoms with Crippen molar-refractivity contribution in [3.8, 4) is 0 Å². The third-order valence-corrected chi connectivity index (χ3v) is 10.8. The Morgan fingerprint density at radius 2 is 0.667 bits per heavy atom. The van der Waals surface area contributed by atoms with Crippen LogP contribution in [0.25, 0.3) is 0 Å². The van der Waals surface area contributed by atoms with Crippen molar-refractivity contribution in [3.05, 3.63) is 0 Å². The van der Waals surface area contributed by atoms with Crippen LogP contribution < -0.4 is 69.3 Å². The first-order valence-electron chi connectivity index (χ1n) is 19.1. The van der Waals surface area contributed by atoms with Crippen molar-refractivity contribution < 1.29 is 143 Å². The van der Waals surface area contributed by atoms with Crippen molar-refractivity contribution in [2.45, 2.75) is 162 Å². The van der Waals surface area contributed by atoms with Gasteiger partial charge in [-0.05, 0) is 53.4 Å². The maximum absolute atomic E-state index is 11.5. The Morgan fingerprint density at radius 1 is 0.467 bits per heavy atom. The van der Waals surface area contributed by atoms with Gasteiger partial charge in [0.2, 0.25) is 0 Å².